The predicted octanol–water partition coefficient (Wildman–Crippen LogP) is -1.24. The second kappa shape index (κ2) is 8.47. The molecule has 1 saturated heterocycles. The van der Waals surface area contributed by atoms with Gasteiger partial charge in [0.2, 0.25) is 15.9 Å². The molecule has 1 rings (SSSR count). The Kier molecular flexibility index (Phi) is 7.29. The van der Waals surface area contributed by atoms with Crippen LogP contribution in [0, 0.1) is 0 Å². The predicted molar refractivity (Wildman–Crippen MR) is 72.3 cm³/mol. The first-order chi connectivity index (χ1) is 9.05. The summed E-state index contributed by atoms with van der Waals surface area (Å²) in [5, 5.41) is 3.19. The highest BCUT2D eigenvalue weighted by molar-refractivity contribution is 7.89. The highest BCUT2D eigenvalue weighted by atomic mass is 32.2. The molecule has 19 heavy (non-hydrogen) atoms. The van der Waals surface area contributed by atoms with Crippen LogP contribution >= 0.6 is 0 Å². The molecule has 0 bridgehead atoms. The van der Waals surface area contributed by atoms with E-state index in [-0.39, 0.29) is 24.8 Å². The van der Waals surface area contributed by atoms with Crippen molar-refractivity contribution in [2.75, 3.05) is 51.7 Å². The van der Waals surface area contributed by atoms with Gasteiger partial charge in [-0.2, -0.15) is 0 Å². The molecular weight excluding hydrogens is 270 g/mol. The average Bonchev–Trinajstić information content (AvgIpc) is 2.65. The van der Waals surface area contributed by atoms with E-state index in [4.69, 9.17) is 4.74 Å². The molecule has 0 spiro atoms. The van der Waals surface area contributed by atoms with E-state index < -0.39 is 10.0 Å². The van der Waals surface area contributed by atoms with Gasteiger partial charge < -0.3 is 15.0 Å². The standard InChI is InChI=1S/C11H23N3O4S/c1-2-18-8-9-19(16,17)13-10-11(15)14-6-3-4-12-5-7-14/h12-13H,2-10H2,1H3. The van der Waals surface area contributed by atoms with Gasteiger partial charge in [-0.15, -0.1) is 0 Å². The molecule has 1 aliphatic rings. The number of hydrogen-bond acceptors (Lipinski definition) is 5. The lowest BCUT2D eigenvalue weighted by Crippen LogP contribution is -2.42. The highest BCUT2D eigenvalue weighted by Gasteiger charge is 2.18. The van der Waals surface area contributed by atoms with Gasteiger partial charge in [-0.3, -0.25) is 4.79 Å². The zero-order chi connectivity index (χ0) is 14.1. The Labute approximate surface area is 114 Å². The molecule has 0 aliphatic carbocycles. The van der Waals surface area contributed by atoms with Crippen LogP contribution in [0.5, 0.6) is 0 Å². The third kappa shape index (κ3) is 6.86. The van der Waals surface area contributed by atoms with Crippen molar-refractivity contribution in [3.63, 3.8) is 0 Å². The molecule has 0 radical (unpaired) electrons. The van der Waals surface area contributed by atoms with E-state index in [2.05, 4.69) is 10.0 Å². The van der Waals surface area contributed by atoms with Gasteiger partial charge in [-0.1, -0.05) is 0 Å². The summed E-state index contributed by atoms with van der Waals surface area (Å²) in [7, 11) is -3.43. The zero-order valence-electron chi connectivity index (χ0n) is 11.4. The maximum Gasteiger partial charge on any atom is 0.237 e. The number of hydrogen-bond donors (Lipinski definition) is 2. The third-order valence-corrected chi connectivity index (χ3v) is 4.12. The fourth-order valence-corrected chi connectivity index (χ4v) is 2.59. The van der Waals surface area contributed by atoms with Gasteiger partial charge in [-0.05, 0) is 19.9 Å². The van der Waals surface area contributed by atoms with Crippen molar-refractivity contribution in [3.05, 3.63) is 0 Å². The van der Waals surface area contributed by atoms with E-state index >= 15 is 0 Å². The van der Waals surface area contributed by atoms with Crippen molar-refractivity contribution in [2.24, 2.45) is 0 Å². The lowest BCUT2D eigenvalue weighted by atomic mass is 10.4. The normalized spacial score (nSPS) is 17.2. The van der Waals surface area contributed by atoms with Crippen LogP contribution in [0.1, 0.15) is 13.3 Å². The summed E-state index contributed by atoms with van der Waals surface area (Å²) < 4.78 is 30.5. The fourth-order valence-electron chi connectivity index (χ4n) is 1.76. The van der Waals surface area contributed by atoms with Crippen LogP contribution in [-0.4, -0.2) is 70.9 Å². The quantitative estimate of drug-likeness (QED) is 0.574. The van der Waals surface area contributed by atoms with Gasteiger partial charge in [0.25, 0.3) is 0 Å². The number of nitrogens with zero attached hydrogens (tertiary/aromatic N) is 1. The molecule has 0 unspecified atom stereocenters. The van der Waals surface area contributed by atoms with E-state index in [9.17, 15) is 13.2 Å². The van der Waals surface area contributed by atoms with Crippen molar-refractivity contribution in [2.45, 2.75) is 13.3 Å². The van der Waals surface area contributed by atoms with E-state index in [0.29, 0.717) is 19.7 Å². The average molecular weight is 293 g/mol. The minimum absolute atomic E-state index is 0.115. The van der Waals surface area contributed by atoms with Crippen molar-refractivity contribution in [1.29, 1.82) is 0 Å². The zero-order valence-corrected chi connectivity index (χ0v) is 12.2. The Hall–Kier alpha value is -0.700. The van der Waals surface area contributed by atoms with Crippen molar-refractivity contribution >= 4 is 15.9 Å². The maximum atomic E-state index is 11.9. The molecule has 1 amide bonds. The molecular formula is C11H23N3O4S. The van der Waals surface area contributed by atoms with Crippen LogP contribution in [0.15, 0.2) is 0 Å². The third-order valence-electron chi connectivity index (χ3n) is 2.84. The molecule has 112 valence electrons. The summed E-state index contributed by atoms with van der Waals surface area (Å²) in [6.07, 6.45) is 0.892. The molecule has 0 saturated carbocycles. The van der Waals surface area contributed by atoms with E-state index in [0.717, 1.165) is 19.5 Å². The van der Waals surface area contributed by atoms with Crippen LogP contribution in [-0.2, 0) is 19.6 Å². The Morgan fingerprint density at radius 3 is 2.89 bits per heavy atom. The van der Waals surface area contributed by atoms with E-state index in [1.54, 1.807) is 11.8 Å². The molecule has 0 atom stereocenters. The number of ether oxygens (including phenoxy) is 1. The van der Waals surface area contributed by atoms with Crippen LogP contribution in [0.25, 0.3) is 0 Å². The van der Waals surface area contributed by atoms with Crippen LogP contribution in [0.2, 0.25) is 0 Å². The molecule has 1 heterocycles. The molecule has 8 heteroatoms. The summed E-state index contributed by atoms with van der Waals surface area (Å²) in [5.41, 5.74) is 0. The molecule has 0 aromatic rings. The molecule has 2 N–H and O–H groups in total. The summed E-state index contributed by atoms with van der Waals surface area (Å²) in [6, 6.07) is 0. The maximum absolute atomic E-state index is 11.9. The van der Waals surface area contributed by atoms with Gasteiger partial charge in [0, 0.05) is 26.2 Å². The lowest BCUT2D eigenvalue weighted by molar-refractivity contribution is -0.129. The van der Waals surface area contributed by atoms with E-state index in [1.165, 1.54) is 0 Å². The fraction of sp³-hybridized carbons (Fsp3) is 0.909. The topological polar surface area (TPSA) is 87.7 Å². The van der Waals surface area contributed by atoms with Crippen molar-refractivity contribution in [3.8, 4) is 0 Å². The second-order valence-electron chi connectivity index (χ2n) is 4.32. The number of carbonyl (C=O) groups excluding carboxylic acids is 1. The first kappa shape index (κ1) is 16.4. The number of carbonyl (C=O) groups is 1. The molecule has 0 aromatic heterocycles. The van der Waals surface area contributed by atoms with E-state index in [1.807, 2.05) is 0 Å². The number of sulfonamides is 1. The number of rotatable bonds is 7. The minimum atomic E-state index is -3.43. The molecule has 0 aromatic carbocycles. The monoisotopic (exact) mass is 293 g/mol. The minimum Gasteiger partial charge on any atom is -0.381 e. The van der Waals surface area contributed by atoms with Gasteiger partial charge in [-0.25, -0.2) is 13.1 Å². The summed E-state index contributed by atoms with van der Waals surface area (Å²) >= 11 is 0. The number of amides is 1. The first-order valence-corrected chi connectivity index (χ1v) is 8.24. The van der Waals surface area contributed by atoms with Crippen molar-refractivity contribution in [1.82, 2.24) is 14.9 Å². The van der Waals surface area contributed by atoms with Gasteiger partial charge in [0.05, 0.1) is 18.9 Å². The van der Waals surface area contributed by atoms with Crippen LogP contribution in [0.3, 0.4) is 0 Å². The Morgan fingerprint density at radius 2 is 2.16 bits per heavy atom. The lowest BCUT2D eigenvalue weighted by Gasteiger charge is -2.20. The largest absolute Gasteiger partial charge is 0.381 e. The highest BCUT2D eigenvalue weighted by Crippen LogP contribution is 1.96. The van der Waals surface area contributed by atoms with Gasteiger partial charge >= 0.3 is 0 Å². The molecule has 1 fully saturated rings. The molecule has 7 nitrogen and oxygen atoms in total. The number of nitrogens with one attached hydrogen (secondary N) is 2. The Bertz CT molecular complexity index is 364. The van der Waals surface area contributed by atoms with Gasteiger partial charge in [0.1, 0.15) is 0 Å². The smallest absolute Gasteiger partial charge is 0.237 e. The van der Waals surface area contributed by atoms with Crippen LogP contribution < -0.4 is 10.0 Å². The second-order valence-corrected chi connectivity index (χ2v) is 6.25. The summed E-state index contributed by atoms with van der Waals surface area (Å²) in [4.78, 5) is 13.6. The van der Waals surface area contributed by atoms with Crippen molar-refractivity contribution < 1.29 is 17.9 Å². The Morgan fingerprint density at radius 1 is 1.37 bits per heavy atom. The summed E-state index contributed by atoms with van der Waals surface area (Å²) in [5.74, 6) is -0.293. The molecule has 1 aliphatic heterocycles. The Balaban J connectivity index is 2.31. The van der Waals surface area contributed by atoms with Crippen LogP contribution in [0.4, 0.5) is 0 Å². The first-order valence-electron chi connectivity index (χ1n) is 6.58. The SMILES string of the molecule is CCOCCS(=O)(=O)NCC(=O)N1CCCNCC1. The summed E-state index contributed by atoms with van der Waals surface area (Å²) in [6.45, 7) is 5.20. The van der Waals surface area contributed by atoms with Gasteiger partial charge in [0.15, 0.2) is 0 Å².